The van der Waals surface area contributed by atoms with Crippen LogP contribution in [0.5, 0.6) is 0 Å². The molecule has 6 N–H and O–H groups in total. The highest BCUT2D eigenvalue weighted by Crippen LogP contribution is 2.23. The van der Waals surface area contributed by atoms with Gasteiger partial charge in [-0.1, -0.05) is 216 Å². The van der Waals surface area contributed by atoms with Crippen LogP contribution in [0, 0.1) is 0 Å². The van der Waals surface area contributed by atoms with Gasteiger partial charge in [-0.15, -0.1) is 0 Å². The molecule has 0 aromatic heterocycles. The van der Waals surface area contributed by atoms with Crippen molar-refractivity contribution >= 4 is 11.9 Å². The third-order valence-corrected chi connectivity index (χ3v) is 13.1. The van der Waals surface area contributed by atoms with Crippen molar-refractivity contribution < 1.29 is 49.3 Å². The summed E-state index contributed by atoms with van der Waals surface area (Å²) >= 11 is 0. The number of hydrogen-bond acceptors (Lipinski definition) is 10. The maximum Gasteiger partial charge on any atom is 0.305 e. The number of carbonyl (C=O) groups is 2. The van der Waals surface area contributed by atoms with Crippen LogP contribution in [0.15, 0.2) is 60.8 Å². The molecule has 0 aromatic rings. The number of carbonyl (C=O) groups excluding carboxylic acids is 2. The summed E-state index contributed by atoms with van der Waals surface area (Å²) in [7, 11) is 0. The monoisotopic (exact) mass is 988 g/mol. The first-order valence-electron chi connectivity index (χ1n) is 28.6. The number of esters is 1. The van der Waals surface area contributed by atoms with Gasteiger partial charge in [0, 0.05) is 12.8 Å². The number of rotatable bonds is 48. The molecule has 11 nitrogen and oxygen atoms in total. The molecule has 0 spiro atoms. The minimum atomic E-state index is -1.60. The van der Waals surface area contributed by atoms with Crippen molar-refractivity contribution in [3.63, 3.8) is 0 Å². The van der Waals surface area contributed by atoms with Gasteiger partial charge in [-0.2, -0.15) is 0 Å². The number of allylic oxidation sites excluding steroid dienone is 9. The molecular weight excluding hydrogens is 883 g/mol. The van der Waals surface area contributed by atoms with E-state index >= 15 is 0 Å². The van der Waals surface area contributed by atoms with Crippen LogP contribution in [0.1, 0.15) is 239 Å². The Kier molecular flexibility index (Phi) is 45.4. The van der Waals surface area contributed by atoms with Crippen molar-refractivity contribution in [2.24, 2.45) is 0 Å². The number of amides is 1. The summed E-state index contributed by atoms with van der Waals surface area (Å²) in [4.78, 5) is 25.1. The molecule has 0 aromatic carbocycles. The molecule has 1 saturated heterocycles. The fraction of sp³-hybridized carbons (Fsp3) is 0.797. The van der Waals surface area contributed by atoms with E-state index in [9.17, 15) is 35.1 Å². The molecule has 70 heavy (non-hydrogen) atoms. The van der Waals surface area contributed by atoms with Gasteiger partial charge in [0.2, 0.25) is 5.91 Å². The molecule has 406 valence electrons. The number of hydrogen-bond donors (Lipinski definition) is 6. The minimum Gasteiger partial charge on any atom is -0.466 e. The molecule has 1 heterocycles. The lowest BCUT2D eigenvalue weighted by atomic mass is 9.99. The molecule has 11 heteroatoms. The SMILES string of the molecule is CC/C=C/CC/C=C/CC/C=C/C(O)C(COC1OC(CO)C(O)C(O)C1O)NC(=O)CC/C=C\C/C=C\CCCCCCCCOC(=O)CCCCCCCCCCCCCCCCCCCCC. The van der Waals surface area contributed by atoms with Gasteiger partial charge >= 0.3 is 5.97 Å². The van der Waals surface area contributed by atoms with E-state index in [1.54, 1.807) is 6.08 Å². The third kappa shape index (κ3) is 38.0. The van der Waals surface area contributed by atoms with E-state index in [0.29, 0.717) is 25.9 Å². The van der Waals surface area contributed by atoms with Crippen LogP contribution >= 0.6 is 0 Å². The Balaban J connectivity index is 2.12. The molecule has 1 rings (SSSR count). The Labute approximate surface area is 427 Å². The average Bonchev–Trinajstić information content (AvgIpc) is 3.36. The smallest absolute Gasteiger partial charge is 0.305 e. The van der Waals surface area contributed by atoms with Crippen LogP contribution in [0.2, 0.25) is 0 Å². The summed E-state index contributed by atoms with van der Waals surface area (Å²) in [6.07, 6.45) is 52.0. The molecule has 1 aliphatic rings. The summed E-state index contributed by atoms with van der Waals surface area (Å²) in [5, 5.41) is 54.0. The van der Waals surface area contributed by atoms with Crippen molar-refractivity contribution in [1.29, 1.82) is 0 Å². The summed E-state index contributed by atoms with van der Waals surface area (Å²) in [6.45, 7) is 4.10. The van der Waals surface area contributed by atoms with E-state index in [1.807, 2.05) is 18.2 Å². The zero-order valence-electron chi connectivity index (χ0n) is 44.5. The first-order valence-corrected chi connectivity index (χ1v) is 28.6. The quantitative estimate of drug-likeness (QED) is 0.0196. The van der Waals surface area contributed by atoms with Crippen molar-refractivity contribution in [2.45, 2.75) is 281 Å². The van der Waals surface area contributed by atoms with Crippen molar-refractivity contribution in [3.8, 4) is 0 Å². The summed E-state index contributed by atoms with van der Waals surface area (Å²) in [6, 6.07) is -0.878. The second-order valence-electron chi connectivity index (χ2n) is 19.6. The van der Waals surface area contributed by atoms with Crippen LogP contribution in [0.4, 0.5) is 0 Å². The van der Waals surface area contributed by atoms with Crippen molar-refractivity contribution in [2.75, 3.05) is 19.8 Å². The minimum absolute atomic E-state index is 0.0374. The van der Waals surface area contributed by atoms with Crippen LogP contribution < -0.4 is 5.32 Å². The van der Waals surface area contributed by atoms with Crippen LogP contribution in [-0.4, -0.2) is 100 Å². The normalized spacial score (nSPS) is 19.7. The Bertz CT molecular complexity index is 1350. The van der Waals surface area contributed by atoms with Gasteiger partial charge in [-0.05, 0) is 70.6 Å². The molecular formula is C59H105NO10. The maximum absolute atomic E-state index is 12.9. The second kappa shape index (κ2) is 48.6. The molecule has 0 aliphatic carbocycles. The Hall–Kier alpha value is -2.64. The Morgan fingerprint density at radius 2 is 1.03 bits per heavy atom. The van der Waals surface area contributed by atoms with Crippen molar-refractivity contribution in [1.82, 2.24) is 5.32 Å². The fourth-order valence-corrected chi connectivity index (χ4v) is 8.58. The molecule has 0 radical (unpaired) electrons. The predicted molar refractivity (Wildman–Crippen MR) is 287 cm³/mol. The highest BCUT2D eigenvalue weighted by Gasteiger charge is 2.44. The van der Waals surface area contributed by atoms with Crippen LogP contribution in [0.25, 0.3) is 0 Å². The van der Waals surface area contributed by atoms with Gasteiger partial charge in [-0.25, -0.2) is 0 Å². The van der Waals surface area contributed by atoms with E-state index in [2.05, 4.69) is 55.6 Å². The summed E-state index contributed by atoms with van der Waals surface area (Å²) in [5.41, 5.74) is 0. The predicted octanol–water partition coefficient (Wildman–Crippen LogP) is 12.7. The highest BCUT2D eigenvalue weighted by atomic mass is 16.7. The second-order valence-corrected chi connectivity index (χ2v) is 19.6. The Morgan fingerprint density at radius 1 is 0.543 bits per heavy atom. The van der Waals surface area contributed by atoms with Crippen LogP contribution in [0.3, 0.4) is 0 Å². The van der Waals surface area contributed by atoms with E-state index in [1.165, 1.54) is 122 Å². The fourth-order valence-electron chi connectivity index (χ4n) is 8.58. The average molecular weight is 988 g/mol. The summed E-state index contributed by atoms with van der Waals surface area (Å²) < 4.78 is 16.6. The van der Waals surface area contributed by atoms with Crippen LogP contribution in [-0.2, 0) is 23.8 Å². The van der Waals surface area contributed by atoms with Gasteiger partial charge in [0.1, 0.15) is 24.4 Å². The molecule has 1 aliphatic heterocycles. The number of nitrogens with one attached hydrogen (secondary N) is 1. The van der Waals surface area contributed by atoms with Crippen molar-refractivity contribution in [3.05, 3.63) is 60.8 Å². The molecule has 1 amide bonds. The number of aliphatic hydroxyl groups excluding tert-OH is 5. The number of unbranched alkanes of at least 4 members (excludes halogenated alkanes) is 26. The lowest BCUT2D eigenvalue weighted by Gasteiger charge is -2.40. The maximum atomic E-state index is 12.9. The number of ether oxygens (including phenoxy) is 3. The van der Waals surface area contributed by atoms with Gasteiger partial charge in [-0.3, -0.25) is 9.59 Å². The third-order valence-electron chi connectivity index (χ3n) is 13.1. The summed E-state index contributed by atoms with van der Waals surface area (Å²) in [5.74, 6) is -0.318. The highest BCUT2D eigenvalue weighted by molar-refractivity contribution is 5.76. The van der Waals surface area contributed by atoms with Gasteiger partial charge in [0.25, 0.3) is 0 Å². The first-order chi connectivity index (χ1) is 34.2. The lowest BCUT2D eigenvalue weighted by Crippen LogP contribution is -2.60. The Morgan fingerprint density at radius 3 is 1.59 bits per heavy atom. The largest absolute Gasteiger partial charge is 0.466 e. The molecule has 0 saturated carbocycles. The van der Waals surface area contributed by atoms with E-state index < -0.39 is 49.5 Å². The number of aliphatic hydroxyl groups is 5. The first kappa shape index (κ1) is 65.4. The van der Waals surface area contributed by atoms with Gasteiger partial charge < -0.3 is 45.1 Å². The zero-order chi connectivity index (χ0) is 51.0. The molecule has 0 bridgehead atoms. The molecule has 7 unspecified atom stereocenters. The molecule has 1 fully saturated rings. The topological polar surface area (TPSA) is 175 Å². The van der Waals surface area contributed by atoms with Gasteiger partial charge in [0.05, 0.1) is 32.0 Å². The zero-order valence-corrected chi connectivity index (χ0v) is 44.5. The van der Waals surface area contributed by atoms with E-state index in [4.69, 9.17) is 14.2 Å². The van der Waals surface area contributed by atoms with E-state index in [-0.39, 0.29) is 24.9 Å². The van der Waals surface area contributed by atoms with Gasteiger partial charge in [0.15, 0.2) is 6.29 Å². The standard InChI is InChI=1S/C59H105NO10/c1-3-5-7-9-11-13-15-16-17-18-19-20-21-24-27-31-35-39-43-47-55(64)68-48-44-40-36-32-28-25-22-23-26-30-34-38-42-46-54(63)60-51(50-69-59-58(67)57(66)56(65)53(49-61)70-59)52(62)45-41-37-33-29-14-12-10-8-6-4-2/h6,8,14,23,26,29,34,38,41,45,51-53,56-59,61-62,65-67H,3-5,7,9-13,15-22,24-25,27-28,30-33,35-37,39-40,42-44,46-50H2,1-2H3,(H,60,63)/b8-6+,26-23-,29-14+,38-34-,45-41+. The lowest BCUT2D eigenvalue weighted by molar-refractivity contribution is -0.302. The molecule has 7 atom stereocenters. The van der Waals surface area contributed by atoms with E-state index in [0.717, 1.165) is 77.0 Å².